The number of halogens is 1. The predicted molar refractivity (Wildman–Crippen MR) is 108 cm³/mol. The molecule has 0 aliphatic heterocycles. The molecule has 0 unspecified atom stereocenters. The van der Waals surface area contributed by atoms with Gasteiger partial charge in [-0.2, -0.15) is 0 Å². The first kappa shape index (κ1) is 22.2. The van der Waals surface area contributed by atoms with E-state index in [0.29, 0.717) is 22.4 Å². The largest absolute Gasteiger partial charge is 0.452 e. The summed E-state index contributed by atoms with van der Waals surface area (Å²) in [4.78, 5) is 36.3. The van der Waals surface area contributed by atoms with E-state index in [9.17, 15) is 14.4 Å². The van der Waals surface area contributed by atoms with Crippen LogP contribution in [0, 0.1) is 11.8 Å². The van der Waals surface area contributed by atoms with Crippen molar-refractivity contribution in [3.05, 3.63) is 34.9 Å². The standard InChI is InChI=1S/C21H29ClN2O4/c1-13-5-4-6-18(14(13)2)24-20(26)15(3)28-19(25)11-12-23-21(27)16-7-9-17(22)10-8-16/h7-10,13-15,18H,4-6,11-12H2,1-3H3,(H,23,27)(H,24,26)/t13-,14-,15-,18+/m1/s1. The molecule has 28 heavy (non-hydrogen) atoms. The van der Waals surface area contributed by atoms with Crippen molar-refractivity contribution < 1.29 is 19.1 Å². The number of benzene rings is 1. The highest BCUT2D eigenvalue weighted by Crippen LogP contribution is 2.29. The molecule has 0 spiro atoms. The minimum absolute atomic E-state index is 0.00614. The van der Waals surface area contributed by atoms with Crippen molar-refractivity contribution in [3.8, 4) is 0 Å². The molecule has 2 N–H and O–H groups in total. The van der Waals surface area contributed by atoms with Crippen molar-refractivity contribution in [2.75, 3.05) is 6.54 Å². The fourth-order valence-corrected chi connectivity index (χ4v) is 3.50. The van der Waals surface area contributed by atoms with Gasteiger partial charge in [-0.3, -0.25) is 14.4 Å². The van der Waals surface area contributed by atoms with E-state index < -0.39 is 12.1 Å². The molecule has 4 atom stereocenters. The van der Waals surface area contributed by atoms with Crippen LogP contribution >= 0.6 is 11.6 Å². The average molecular weight is 409 g/mol. The molecular weight excluding hydrogens is 380 g/mol. The molecule has 0 saturated heterocycles. The van der Waals surface area contributed by atoms with Crippen molar-refractivity contribution in [2.45, 2.75) is 58.6 Å². The number of nitrogens with one attached hydrogen (secondary N) is 2. The molecule has 1 aliphatic rings. The third-order valence-corrected chi connectivity index (χ3v) is 5.69. The van der Waals surface area contributed by atoms with Gasteiger partial charge in [0.25, 0.3) is 11.8 Å². The molecule has 1 aliphatic carbocycles. The van der Waals surface area contributed by atoms with Crippen LogP contribution in [0.5, 0.6) is 0 Å². The third-order valence-electron chi connectivity index (χ3n) is 5.43. The first-order valence-corrected chi connectivity index (χ1v) is 10.2. The van der Waals surface area contributed by atoms with Crippen LogP contribution in [0.1, 0.15) is 56.8 Å². The zero-order chi connectivity index (χ0) is 20.7. The topological polar surface area (TPSA) is 84.5 Å². The quantitative estimate of drug-likeness (QED) is 0.677. The van der Waals surface area contributed by atoms with Gasteiger partial charge in [-0.25, -0.2) is 0 Å². The Hall–Kier alpha value is -2.08. The molecule has 1 fully saturated rings. The van der Waals surface area contributed by atoms with Gasteiger partial charge in [0.05, 0.1) is 6.42 Å². The molecule has 0 radical (unpaired) electrons. The average Bonchev–Trinajstić information content (AvgIpc) is 2.65. The van der Waals surface area contributed by atoms with E-state index in [4.69, 9.17) is 16.3 Å². The molecule has 1 saturated carbocycles. The Balaban J connectivity index is 1.70. The van der Waals surface area contributed by atoms with E-state index in [1.807, 2.05) is 0 Å². The first-order valence-electron chi connectivity index (χ1n) is 9.81. The van der Waals surface area contributed by atoms with Crippen LogP contribution in [0.3, 0.4) is 0 Å². The molecule has 0 bridgehead atoms. The van der Waals surface area contributed by atoms with Gasteiger partial charge in [0.1, 0.15) is 0 Å². The summed E-state index contributed by atoms with van der Waals surface area (Å²) >= 11 is 5.79. The smallest absolute Gasteiger partial charge is 0.308 e. The van der Waals surface area contributed by atoms with E-state index in [2.05, 4.69) is 24.5 Å². The monoisotopic (exact) mass is 408 g/mol. The Labute approximate surface area is 171 Å². The van der Waals surface area contributed by atoms with E-state index >= 15 is 0 Å². The van der Waals surface area contributed by atoms with Gasteiger partial charge < -0.3 is 15.4 Å². The van der Waals surface area contributed by atoms with Gasteiger partial charge in [-0.15, -0.1) is 0 Å². The van der Waals surface area contributed by atoms with Crippen LogP contribution in [-0.4, -0.2) is 36.5 Å². The number of ether oxygens (including phenoxy) is 1. The number of rotatable bonds is 7. The zero-order valence-electron chi connectivity index (χ0n) is 16.7. The van der Waals surface area contributed by atoms with E-state index in [-0.39, 0.29) is 30.8 Å². The van der Waals surface area contributed by atoms with Gasteiger partial charge in [-0.1, -0.05) is 38.3 Å². The maximum absolute atomic E-state index is 12.3. The molecule has 7 heteroatoms. The Morgan fingerprint density at radius 3 is 2.54 bits per heavy atom. The second kappa shape index (κ2) is 10.5. The summed E-state index contributed by atoms with van der Waals surface area (Å²) in [5.74, 6) is -0.117. The van der Waals surface area contributed by atoms with Crippen LogP contribution in [0.4, 0.5) is 0 Å². The summed E-state index contributed by atoms with van der Waals surface area (Å²) < 4.78 is 5.20. The molecular formula is C21H29ClN2O4. The van der Waals surface area contributed by atoms with Crippen LogP contribution in [0.2, 0.25) is 5.02 Å². The molecule has 154 valence electrons. The summed E-state index contributed by atoms with van der Waals surface area (Å²) in [5, 5.41) is 6.20. The first-order chi connectivity index (χ1) is 13.3. The van der Waals surface area contributed by atoms with Gasteiger partial charge in [0.2, 0.25) is 0 Å². The summed E-state index contributed by atoms with van der Waals surface area (Å²) in [6.07, 6.45) is 2.36. The second-order valence-electron chi connectivity index (χ2n) is 7.53. The molecule has 1 aromatic rings. The summed E-state index contributed by atoms with van der Waals surface area (Å²) in [7, 11) is 0. The molecule has 6 nitrogen and oxygen atoms in total. The normalized spacial score (nSPS) is 22.8. The van der Waals surface area contributed by atoms with Crippen molar-refractivity contribution in [3.63, 3.8) is 0 Å². The summed E-state index contributed by atoms with van der Waals surface area (Å²) in [6.45, 7) is 6.04. The fraction of sp³-hybridized carbons (Fsp3) is 0.571. The highest BCUT2D eigenvalue weighted by molar-refractivity contribution is 6.30. The Morgan fingerprint density at radius 2 is 1.86 bits per heavy atom. The van der Waals surface area contributed by atoms with Gasteiger partial charge in [0.15, 0.2) is 6.10 Å². The zero-order valence-corrected chi connectivity index (χ0v) is 17.4. The maximum atomic E-state index is 12.3. The maximum Gasteiger partial charge on any atom is 0.308 e. The number of hydrogen-bond acceptors (Lipinski definition) is 4. The minimum Gasteiger partial charge on any atom is -0.452 e. The number of carbonyl (C=O) groups excluding carboxylic acids is 3. The second-order valence-corrected chi connectivity index (χ2v) is 7.96. The highest BCUT2D eigenvalue weighted by atomic mass is 35.5. The predicted octanol–water partition coefficient (Wildman–Crippen LogP) is 3.33. The lowest BCUT2D eigenvalue weighted by molar-refractivity contribution is -0.155. The van der Waals surface area contributed by atoms with Crippen LogP contribution in [-0.2, 0) is 14.3 Å². The van der Waals surface area contributed by atoms with E-state index in [0.717, 1.165) is 12.8 Å². The third kappa shape index (κ3) is 6.51. The summed E-state index contributed by atoms with van der Waals surface area (Å²) in [5.41, 5.74) is 0.460. The van der Waals surface area contributed by atoms with Crippen molar-refractivity contribution in [2.24, 2.45) is 11.8 Å². The van der Waals surface area contributed by atoms with Gasteiger partial charge in [-0.05, 0) is 49.4 Å². The van der Waals surface area contributed by atoms with Gasteiger partial charge in [0, 0.05) is 23.2 Å². The molecule has 0 aromatic heterocycles. The molecule has 0 heterocycles. The Bertz CT molecular complexity index is 692. The number of esters is 1. The highest BCUT2D eigenvalue weighted by Gasteiger charge is 2.30. The summed E-state index contributed by atoms with van der Waals surface area (Å²) in [6, 6.07) is 6.58. The number of hydrogen-bond donors (Lipinski definition) is 2. The Kier molecular flexibility index (Phi) is 8.30. The van der Waals surface area contributed by atoms with Crippen LogP contribution < -0.4 is 10.6 Å². The number of amides is 2. The fourth-order valence-electron chi connectivity index (χ4n) is 3.38. The van der Waals surface area contributed by atoms with Crippen LogP contribution in [0.25, 0.3) is 0 Å². The lowest BCUT2D eigenvalue weighted by Crippen LogP contribution is -2.47. The lowest BCUT2D eigenvalue weighted by atomic mass is 9.78. The molecule has 1 aromatic carbocycles. The van der Waals surface area contributed by atoms with Crippen LogP contribution in [0.15, 0.2) is 24.3 Å². The minimum atomic E-state index is -0.858. The lowest BCUT2D eigenvalue weighted by Gasteiger charge is -2.35. The number of carbonyl (C=O) groups is 3. The van der Waals surface area contributed by atoms with Crippen molar-refractivity contribution in [1.29, 1.82) is 0 Å². The molecule has 2 amide bonds. The van der Waals surface area contributed by atoms with E-state index in [1.54, 1.807) is 31.2 Å². The molecule has 2 rings (SSSR count). The SMILES string of the molecule is C[C@@H]1[C@H](C)CCC[C@@H]1NC(=O)[C@@H](C)OC(=O)CCNC(=O)c1ccc(Cl)cc1. The van der Waals surface area contributed by atoms with Gasteiger partial charge >= 0.3 is 5.97 Å². The van der Waals surface area contributed by atoms with E-state index in [1.165, 1.54) is 6.42 Å². The van der Waals surface area contributed by atoms with Crippen molar-refractivity contribution in [1.82, 2.24) is 10.6 Å². The Morgan fingerprint density at radius 1 is 1.18 bits per heavy atom. The van der Waals surface area contributed by atoms with Crippen molar-refractivity contribution >= 4 is 29.4 Å².